The van der Waals surface area contributed by atoms with E-state index in [4.69, 9.17) is 0 Å². The molecule has 0 unspecified atom stereocenters. The van der Waals surface area contributed by atoms with Gasteiger partial charge < -0.3 is 5.32 Å². The van der Waals surface area contributed by atoms with Crippen LogP contribution in [0, 0.1) is 0 Å². The lowest BCUT2D eigenvalue weighted by molar-refractivity contribution is 0.812. The SMILES string of the molecule is CNc1ccc2nnc(Sc3ccnc4ccccc34)n2n1. The van der Waals surface area contributed by atoms with Crippen molar-refractivity contribution < 1.29 is 0 Å². The fourth-order valence-corrected chi connectivity index (χ4v) is 3.13. The Bertz CT molecular complexity index is 959. The maximum atomic E-state index is 4.47. The van der Waals surface area contributed by atoms with Crippen LogP contribution in [-0.2, 0) is 0 Å². The predicted octanol–water partition coefficient (Wildman–Crippen LogP) is 2.87. The van der Waals surface area contributed by atoms with Crippen molar-refractivity contribution >= 4 is 34.1 Å². The summed E-state index contributed by atoms with van der Waals surface area (Å²) in [4.78, 5) is 5.46. The fraction of sp³-hybridized carbons (Fsp3) is 0.0667. The summed E-state index contributed by atoms with van der Waals surface area (Å²) in [6.45, 7) is 0. The zero-order valence-corrected chi connectivity index (χ0v) is 12.6. The zero-order chi connectivity index (χ0) is 14.9. The first kappa shape index (κ1) is 13.0. The minimum Gasteiger partial charge on any atom is -0.372 e. The third-order valence-corrected chi connectivity index (χ3v) is 4.31. The van der Waals surface area contributed by atoms with E-state index in [-0.39, 0.29) is 0 Å². The molecule has 3 heterocycles. The molecule has 0 radical (unpaired) electrons. The van der Waals surface area contributed by atoms with Gasteiger partial charge in [-0.05, 0) is 36.0 Å². The van der Waals surface area contributed by atoms with E-state index < -0.39 is 0 Å². The standard InChI is InChI=1S/C15H12N6S/c1-16-13-6-7-14-18-19-15(21(14)20-13)22-12-8-9-17-11-5-3-2-4-10(11)12/h2-9H,1H3,(H,16,20). The van der Waals surface area contributed by atoms with E-state index in [1.807, 2.05) is 43.4 Å². The molecule has 3 aromatic heterocycles. The van der Waals surface area contributed by atoms with Gasteiger partial charge in [-0.2, -0.15) is 4.52 Å². The number of para-hydroxylation sites is 1. The van der Waals surface area contributed by atoms with Gasteiger partial charge >= 0.3 is 0 Å². The van der Waals surface area contributed by atoms with Gasteiger partial charge in [-0.25, -0.2) is 0 Å². The van der Waals surface area contributed by atoms with Gasteiger partial charge in [0.15, 0.2) is 5.65 Å². The van der Waals surface area contributed by atoms with Gasteiger partial charge in [0.05, 0.1) is 5.52 Å². The van der Waals surface area contributed by atoms with Crippen LogP contribution in [-0.4, -0.2) is 31.8 Å². The quantitative estimate of drug-likeness (QED) is 0.627. The highest BCUT2D eigenvalue weighted by molar-refractivity contribution is 7.99. The van der Waals surface area contributed by atoms with Crippen LogP contribution in [0.2, 0.25) is 0 Å². The molecule has 0 amide bonds. The number of hydrogen-bond donors (Lipinski definition) is 1. The molecule has 0 spiro atoms. The van der Waals surface area contributed by atoms with Crippen LogP contribution < -0.4 is 5.32 Å². The number of pyridine rings is 1. The Kier molecular flexibility index (Phi) is 3.12. The van der Waals surface area contributed by atoms with E-state index in [0.29, 0.717) is 0 Å². The van der Waals surface area contributed by atoms with E-state index in [9.17, 15) is 0 Å². The molecule has 0 bridgehead atoms. The smallest absolute Gasteiger partial charge is 0.217 e. The Morgan fingerprint density at radius 2 is 1.95 bits per heavy atom. The van der Waals surface area contributed by atoms with Crippen molar-refractivity contribution in [3.63, 3.8) is 0 Å². The van der Waals surface area contributed by atoms with Crippen LogP contribution in [0.15, 0.2) is 58.7 Å². The molecule has 7 heteroatoms. The molecule has 0 aliphatic carbocycles. The summed E-state index contributed by atoms with van der Waals surface area (Å²) in [7, 11) is 1.84. The van der Waals surface area contributed by atoms with Crippen molar-refractivity contribution in [2.24, 2.45) is 0 Å². The van der Waals surface area contributed by atoms with E-state index in [2.05, 4.69) is 31.7 Å². The highest BCUT2D eigenvalue weighted by atomic mass is 32.2. The second-order valence-corrected chi connectivity index (χ2v) is 5.66. The maximum Gasteiger partial charge on any atom is 0.217 e. The third-order valence-electron chi connectivity index (χ3n) is 3.30. The Hall–Kier alpha value is -2.67. The van der Waals surface area contributed by atoms with Crippen LogP contribution in [0.3, 0.4) is 0 Å². The molecule has 0 fully saturated rings. The number of hydrogen-bond acceptors (Lipinski definition) is 6. The van der Waals surface area contributed by atoms with Gasteiger partial charge in [-0.3, -0.25) is 4.98 Å². The highest BCUT2D eigenvalue weighted by Crippen LogP contribution is 2.31. The number of fused-ring (bicyclic) bond motifs is 2. The molecule has 0 saturated heterocycles. The van der Waals surface area contributed by atoms with Gasteiger partial charge in [0.1, 0.15) is 5.82 Å². The molecule has 6 nitrogen and oxygen atoms in total. The Morgan fingerprint density at radius 1 is 1.05 bits per heavy atom. The maximum absolute atomic E-state index is 4.47. The van der Waals surface area contributed by atoms with Crippen molar-refractivity contribution in [1.29, 1.82) is 0 Å². The van der Waals surface area contributed by atoms with Crippen LogP contribution in [0.25, 0.3) is 16.6 Å². The predicted molar refractivity (Wildman–Crippen MR) is 86.2 cm³/mol. The Balaban J connectivity index is 1.82. The number of benzene rings is 1. The molecule has 4 aromatic rings. The van der Waals surface area contributed by atoms with Gasteiger partial charge in [-0.1, -0.05) is 18.2 Å². The highest BCUT2D eigenvalue weighted by Gasteiger charge is 2.11. The molecule has 22 heavy (non-hydrogen) atoms. The van der Waals surface area contributed by atoms with Gasteiger partial charge in [0.2, 0.25) is 5.16 Å². The molecule has 0 saturated carbocycles. The van der Waals surface area contributed by atoms with Crippen LogP contribution in [0.1, 0.15) is 0 Å². The largest absolute Gasteiger partial charge is 0.372 e. The molecule has 108 valence electrons. The van der Waals surface area contributed by atoms with Gasteiger partial charge in [-0.15, -0.1) is 15.3 Å². The molecule has 0 aliphatic heterocycles. The van der Waals surface area contributed by atoms with Crippen LogP contribution >= 0.6 is 11.8 Å². The van der Waals surface area contributed by atoms with Crippen molar-refractivity contribution in [2.45, 2.75) is 10.1 Å². The van der Waals surface area contributed by atoms with Crippen molar-refractivity contribution in [2.75, 3.05) is 12.4 Å². The summed E-state index contributed by atoms with van der Waals surface area (Å²) in [5.74, 6) is 0.772. The minimum absolute atomic E-state index is 0.722. The summed E-state index contributed by atoms with van der Waals surface area (Å²) in [5.41, 5.74) is 1.69. The van der Waals surface area contributed by atoms with Crippen LogP contribution in [0.5, 0.6) is 0 Å². The lowest BCUT2D eigenvalue weighted by atomic mass is 10.2. The second kappa shape index (κ2) is 5.27. The first-order valence-electron chi connectivity index (χ1n) is 6.77. The molecule has 1 aromatic carbocycles. The number of nitrogens with zero attached hydrogens (tertiary/aromatic N) is 5. The minimum atomic E-state index is 0.722. The Morgan fingerprint density at radius 3 is 2.86 bits per heavy atom. The van der Waals surface area contributed by atoms with Crippen molar-refractivity contribution in [1.82, 2.24) is 24.8 Å². The van der Waals surface area contributed by atoms with E-state index in [1.54, 1.807) is 10.7 Å². The molecule has 0 atom stereocenters. The monoisotopic (exact) mass is 308 g/mol. The van der Waals surface area contributed by atoms with E-state index >= 15 is 0 Å². The van der Waals surface area contributed by atoms with Crippen molar-refractivity contribution in [3.8, 4) is 0 Å². The number of anilines is 1. The fourth-order valence-electron chi connectivity index (χ4n) is 2.22. The molecule has 0 aliphatic rings. The lowest BCUT2D eigenvalue weighted by Gasteiger charge is -2.04. The first-order valence-corrected chi connectivity index (χ1v) is 7.58. The normalized spacial score (nSPS) is 11.1. The average Bonchev–Trinajstić information content (AvgIpc) is 2.97. The van der Waals surface area contributed by atoms with Crippen molar-refractivity contribution in [3.05, 3.63) is 48.7 Å². The molecular formula is C15H12N6S. The third kappa shape index (κ3) is 2.15. The average molecular weight is 308 g/mol. The summed E-state index contributed by atoms with van der Waals surface area (Å²) >= 11 is 1.53. The first-order chi connectivity index (χ1) is 10.8. The Labute approximate surface area is 130 Å². The zero-order valence-electron chi connectivity index (χ0n) is 11.8. The second-order valence-electron chi connectivity index (χ2n) is 4.65. The number of aromatic nitrogens is 5. The number of nitrogens with one attached hydrogen (secondary N) is 1. The summed E-state index contributed by atoms with van der Waals surface area (Å²) in [5, 5.41) is 17.7. The van der Waals surface area contributed by atoms with E-state index in [0.717, 1.165) is 32.4 Å². The molecular weight excluding hydrogens is 296 g/mol. The number of rotatable bonds is 3. The van der Waals surface area contributed by atoms with Gasteiger partial charge in [0.25, 0.3) is 0 Å². The molecule has 4 rings (SSSR count). The van der Waals surface area contributed by atoms with E-state index in [1.165, 1.54) is 11.8 Å². The summed E-state index contributed by atoms with van der Waals surface area (Å²) in [6.07, 6.45) is 1.81. The summed E-state index contributed by atoms with van der Waals surface area (Å²) < 4.78 is 1.74. The van der Waals surface area contributed by atoms with Gasteiger partial charge in [0, 0.05) is 23.5 Å². The van der Waals surface area contributed by atoms with Crippen LogP contribution in [0.4, 0.5) is 5.82 Å². The summed E-state index contributed by atoms with van der Waals surface area (Å²) in [6, 6.07) is 13.8. The molecule has 1 N–H and O–H groups in total. The topological polar surface area (TPSA) is 68.0 Å². The lowest BCUT2D eigenvalue weighted by Crippen LogP contribution is -1.99.